The molecule has 1 unspecified atom stereocenters. The number of hydrogen-bond donors (Lipinski definition) is 2. The summed E-state index contributed by atoms with van der Waals surface area (Å²) in [6, 6.07) is 7.56. The van der Waals surface area contributed by atoms with Gasteiger partial charge in [0.1, 0.15) is 11.2 Å². The number of carbonyl (C=O) groups excluding carboxylic acids is 1. The van der Waals surface area contributed by atoms with Crippen molar-refractivity contribution in [3.05, 3.63) is 35.4 Å². The van der Waals surface area contributed by atoms with Crippen molar-refractivity contribution in [2.24, 2.45) is 5.73 Å². The molecule has 0 aliphatic carbocycles. The van der Waals surface area contributed by atoms with Crippen molar-refractivity contribution in [2.75, 3.05) is 13.1 Å². The number of benzene rings is 1. The van der Waals surface area contributed by atoms with Gasteiger partial charge in [-0.1, -0.05) is 24.3 Å². The Hall–Kier alpha value is -1.59. The second kappa shape index (κ2) is 5.66. The minimum Gasteiger partial charge on any atom is -0.444 e. The van der Waals surface area contributed by atoms with Crippen LogP contribution in [0.2, 0.25) is 0 Å². The summed E-state index contributed by atoms with van der Waals surface area (Å²) in [6.45, 7) is 6.57. The maximum absolute atomic E-state index is 12.1. The molecule has 1 aliphatic heterocycles. The summed E-state index contributed by atoms with van der Waals surface area (Å²) >= 11 is 0. The monoisotopic (exact) mass is 292 g/mol. The van der Waals surface area contributed by atoms with Gasteiger partial charge in [-0.15, -0.1) is 0 Å². The molecule has 0 spiro atoms. The summed E-state index contributed by atoms with van der Waals surface area (Å²) in [6.07, 6.45) is 0.104. The van der Waals surface area contributed by atoms with Gasteiger partial charge in [0.25, 0.3) is 0 Å². The van der Waals surface area contributed by atoms with Crippen LogP contribution in [0.1, 0.15) is 38.3 Å². The van der Waals surface area contributed by atoms with Crippen molar-refractivity contribution in [1.29, 1.82) is 0 Å². The minimum absolute atomic E-state index is 0.235. The zero-order chi connectivity index (χ0) is 15.7. The molecule has 0 radical (unpaired) electrons. The Bertz CT molecular complexity index is 524. The highest BCUT2D eigenvalue weighted by Crippen LogP contribution is 2.34. The predicted octanol–water partition coefficient (Wildman–Crippen LogP) is 1.97. The molecule has 5 nitrogen and oxygen atoms in total. The highest BCUT2D eigenvalue weighted by Gasteiger charge is 2.41. The lowest BCUT2D eigenvalue weighted by Gasteiger charge is -2.27. The van der Waals surface area contributed by atoms with E-state index in [2.05, 4.69) is 0 Å². The number of amides is 1. The van der Waals surface area contributed by atoms with Gasteiger partial charge in [-0.25, -0.2) is 4.79 Å². The molecule has 1 fully saturated rings. The fraction of sp³-hybridized carbons (Fsp3) is 0.562. The van der Waals surface area contributed by atoms with Gasteiger partial charge < -0.3 is 20.5 Å². The summed E-state index contributed by atoms with van der Waals surface area (Å²) in [5.74, 6) is 0. The molecule has 1 aliphatic rings. The number of likely N-dealkylation sites (tertiary alicyclic amines) is 1. The molecular weight excluding hydrogens is 268 g/mol. The van der Waals surface area contributed by atoms with Gasteiger partial charge in [-0.05, 0) is 38.3 Å². The summed E-state index contributed by atoms with van der Waals surface area (Å²) in [7, 11) is 0. The lowest BCUT2D eigenvalue weighted by atomic mass is 9.89. The number of nitrogens with zero attached hydrogens (tertiary/aromatic N) is 1. The smallest absolute Gasteiger partial charge is 0.410 e. The summed E-state index contributed by atoms with van der Waals surface area (Å²) in [4.78, 5) is 13.7. The topological polar surface area (TPSA) is 75.8 Å². The van der Waals surface area contributed by atoms with Crippen molar-refractivity contribution >= 4 is 6.09 Å². The maximum atomic E-state index is 12.1. The standard InChI is InChI=1S/C16H24N2O3/c1-15(2,3)21-14(19)18-9-8-16(20,11-18)13-7-5-4-6-12(13)10-17/h4-7,20H,8-11,17H2,1-3H3. The van der Waals surface area contributed by atoms with Crippen molar-refractivity contribution in [1.82, 2.24) is 4.90 Å². The van der Waals surface area contributed by atoms with Crippen LogP contribution in [0, 0.1) is 0 Å². The highest BCUT2D eigenvalue weighted by atomic mass is 16.6. The Morgan fingerprint density at radius 1 is 1.43 bits per heavy atom. The van der Waals surface area contributed by atoms with Crippen LogP contribution in [0.25, 0.3) is 0 Å². The van der Waals surface area contributed by atoms with Gasteiger partial charge in [-0.3, -0.25) is 0 Å². The third kappa shape index (κ3) is 3.54. The van der Waals surface area contributed by atoms with Crippen LogP contribution >= 0.6 is 0 Å². The average molecular weight is 292 g/mol. The molecule has 1 atom stereocenters. The van der Waals surface area contributed by atoms with Crippen molar-refractivity contribution in [3.63, 3.8) is 0 Å². The van der Waals surface area contributed by atoms with Crippen molar-refractivity contribution in [2.45, 2.75) is 44.9 Å². The second-order valence-corrected chi connectivity index (χ2v) is 6.54. The fourth-order valence-corrected chi connectivity index (χ4v) is 2.65. The molecule has 2 rings (SSSR count). The third-order valence-corrected chi connectivity index (χ3v) is 3.64. The van der Waals surface area contributed by atoms with E-state index in [4.69, 9.17) is 10.5 Å². The molecule has 21 heavy (non-hydrogen) atoms. The Labute approximate surface area is 125 Å². The van der Waals surface area contributed by atoms with E-state index in [9.17, 15) is 9.90 Å². The van der Waals surface area contributed by atoms with E-state index in [0.717, 1.165) is 11.1 Å². The molecule has 116 valence electrons. The molecule has 1 saturated heterocycles. The molecule has 3 N–H and O–H groups in total. The third-order valence-electron chi connectivity index (χ3n) is 3.64. The largest absolute Gasteiger partial charge is 0.444 e. The molecular formula is C16H24N2O3. The molecule has 1 heterocycles. The van der Waals surface area contributed by atoms with Gasteiger partial charge >= 0.3 is 6.09 Å². The van der Waals surface area contributed by atoms with Gasteiger partial charge in [0.15, 0.2) is 0 Å². The van der Waals surface area contributed by atoms with Gasteiger partial charge in [0.05, 0.1) is 6.54 Å². The van der Waals surface area contributed by atoms with E-state index in [1.165, 1.54) is 0 Å². The predicted molar refractivity (Wildman–Crippen MR) is 80.7 cm³/mol. The van der Waals surface area contributed by atoms with Crippen molar-refractivity contribution < 1.29 is 14.6 Å². The SMILES string of the molecule is CC(C)(C)OC(=O)N1CCC(O)(c2ccccc2CN)C1. The number of rotatable bonds is 2. The van der Waals surface area contributed by atoms with E-state index in [-0.39, 0.29) is 12.6 Å². The van der Waals surface area contributed by atoms with Crippen LogP contribution in [0.15, 0.2) is 24.3 Å². The van der Waals surface area contributed by atoms with E-state index in [1.54, 1.807) is 4.90 Å². The first-order valence-electron chi connectivity index (χ1n) is 7.24. The average Bonchev–Trinajstić information content (AvgIpc) is 2.81. The molecule has 0 saturated carbocycles. The van der Waals surface area contributed by atoms with Crippen LogP contribution in [-0.2, 0) is 16.9 Å². The Morgan fingerprint density at radius 2 is 2.10 bits per heavy atom. The zero-order valence-corrected chi connectivity index (χ0v) is 12.9. The van der Waals surface area contributed by atoms with Crippen LogP contribution < -0.4 is 5.73 Å². The molecule has 1 amide bonds. The lowest BCUT2D eigenvalue weighted by molar-refractivity contribution is 0.0137. The Kier molecular flexibility index (Phi) is 4.25. The molecule has 0 bridgehead atoms. The van der Waals surface area contributed by atoms with Crippen LogP contribution in [0.5, 0.6) is 0 Å². The Balaban J connectivity index is 2.15. The number of carbonyl (C=O) groups is 1. The van der Waals surface area contributed by atoms with E-state index < -0.39 is 11.2 Å². The van der Waals surface area contributed by atoms with Crippen LogP contribution in [0.4, 0.5) is 4.79 Å². The highest BCUT2D eigenvalue weighted by molar-refractivity contribution is 5.68. The van der Waals surface area contributed by atoms with Crippen LogP contribution in [-0.4, -0.2) is 34.8 Å². The molecule has 1 aromatic carbocycles. The lowest BCUT2D eigenvalue weighted by Crippen LogP contribution is -2.38. The van der Waals surface area contributed by atoms with E-state index in [0.29, 0.717) is 19.5 Å². The fourth-order valence-electron chi connectivity index (χ4n) is 2.65. The molecule has 1 aromatic rings. The maximum Gasteiger partial charge on any atom is 0.410 e. The number of hydrogen-bond acceptors (Lipinski definition) is 4. The number of aliphatic hydroxyl groups is 1. The van der Waals surface area contributed by atoms with E-state index >= 15 is 0 Å². The number of β-amino-alcohol motifs (C(OH)–C–C–N with tert-alkyl or cyclic N) is 1. The van der Waals surface area contributed by atoms with Gasteiger partial charge in [-0.2, -0.15) is 0 Å². The summed E-state index contributed by atoms with van der Waals surface area (Å²) in [5.41, 5.74) is 5.87. The minimum atomic E-state index is -1.05. The molecule has 5 heteroatoms. The summed E-state index contributed by atoms with van der Waals surface area (Å²) in [5, 5.41) is 10.9. The second-order valence-electron chi connectivity index (χ2n) is 6.54. The van der Waals surface area contributed by atoms with E-state index in [1.807, 2.05) is 45.0 Å². The van der Waals surface area contributed by atoms with Gasteiger partial charge in [0, 0.05) is 13.1 Å². The van der Waals surface area contributed by atoms with Gasteiger partial charge in [0.2, 0.25) is 0 Å². The quantitative estimate of drug-likeness (QED) is 0.874. The first kappa shape index (κ1) is 15.8. The first-order valence-corrected chi connectivity index (χ1v) is 7.24. The zero-order valence-electron chi connectivity index (χ0n) is 12.9. The van der Waals surface area contributed by atoms with Crippen LogP contribution in [0.3, 0.4) is 0 Å². The number of nitrogens with two attached hydrogens (primary N) is 1. The summed E-state index contributed by atoms with van der Waals surface area (Å²) < 4.78 is 5.36. The first-order chi connectivity index (χ1) is 9.75. The molecule has 0 aromatic heterocycles. The normalized spacial score (nSPS) is 22.4. The van der Waals surface area contributed by atoms with Crippen molar-refractivity contribution in [3.8, 4) is 0 Å². The number of ether oxygens (including phenoxy) is 1. The Morgan fingerprint density at radius 3 is 2.71 bits per heavy atom.